The van der Waals surface area contributed by atoms with Crippen LogP contribution in [0.25, 0.3) is 0 Å². The van der Waals surface area contributed by atoms with Crippen molar-refractivity contribution < 1.29 is 28.5 Å². The summed E-state index contributed by atoms with van der Waals surface area (Å²) in [4.78, 5) is 12.3. The van der Waals surface area contributed by atoms with Crippen LogP contribution in [0.5, 0.6) is 11.5 Å². The molecule has 0 amide bonds. The quantitative estimate of drug-likeness (QED) is 0.350. The van der Waals surface area contributed by atoms with Crippen molar-refractivity contribution in [3.05, 3.63) is 35.9 Å². The minimum absolute atomic E-state index is 0.325. The Hall–Kier alpha value is -2.05. The summed E-state index contributed by atoms with van der Waals surface area (Å²) in [5.74, 6) is 1.25. The summed E-state index contributed by atoms with van der Waals surface area (Å²) in [6.07, 6.45) is 3.56. The third kappa shape index (κ3) is 6.26. The molecule has 0 saturated carbocycles. The highest BCUT2D eigenvalue weighted by Gasteiger charge is 2.41. The first-order valence-electron chi connectivity index (χ1n) is 9.43. The van der Waals surface area contributed by atoms with Gasteiger partial charge in [-0.1, -0.05) is 5.57 Å². The van der Waals surface area contributed by atoms with Gasteiger partial charge in [-0.25, -0.2) is 4.79 Å². The average Bonchev–Trinajstić information content (AvgIpc) is 2.66. The van der Waals surface area contributed by atoms with E-state index in [1.54, 1.807) is 21.0 Å². The van der Waals surface area contributed by atoms with E-state index < -0.39 is 11.9 Å². The van der Waals surface area contributed by atoms with Gasteiger partial charge in [0.15, 0.2) is 11.9 Å². The van der Waals surface area contributed by atoms with Crippen molar-refractivity contribution in [3.8, 4) is 11.5 Å². The molecule has 1 heterocycles. The van der Waals surface area contributed by atoms with Crippen molar-refractivity contribution in [3.63, 3.8) is 0 Å². The highest BCUT2D eigenvalue weighted by molar-refractivity contribution is 5.79. The van der Waals surface area contributed by atoms with Gasteiger partial charge in [0, 0.05) is 13.0 Å². The van der Waals surface area contributed by atoms with Gasteiger partial charge in [-0.2, -0.15) is 0 Å². The molecule has 0 aliphatic carbocycles. The minimum atomic E-state index is -1.02. The predicted molar refractivity (Wildman–Crippen MR) is 102 cm³/mol. The lowest BCUT2D eigenvalue weighted by molar-refractivity contribution is -0.209. The van der Waals surface area contributed by atoms with E-state index in [0.29, 0.717) is 26.2 Å². The molecule has 2 atom stereocenters. The number of carbonyl (C=O) groups excluding carboxylic acids is 1. The van der Waals surface area contributed by atoms with Gasteiger partial charge in [-0.15, -0.1) is 0 Å². The van der Waals surface area contributed by atoms with Crippen molar-refractivity contribution in [2.75, 3.05) is 26.9 Å². The maximum atomic E-state index is 12.3. The van der Waals surface area contributed by atoms with E-state index in [-0.39, 0.29) is 5.97 Å². The van der Waals surface area contributed by atoms with Crippen molar-refractivity contribution in [1.82, 2.24) is 0 Å². The molecule has 27 heavy (non-hydrogen) atoms. The first kappa shape index (κ1) is 21.3. The second-order valence-electron chi connectivity index (χ2n) is 6.52. The standard InChI is InChI=1S/C21H30O6/c1-5-24-19-14-16(15-21(3,27-19)20(22)25-6-2)8-7-13-26-18-11-9-17(23-4)10-12-18/h9-12,14,19H,5-8,13,15H2,1-4H3/t19-,21-/m0/s1. The Morgan fingerprint density at radius 2 is 1.89 bits per heavy atom. The van der Waals surface area contributed by atoms with Crippen LogP contribution >= 0.6 is 0 Å². The van der Waals surface area contributed by atoms with Crippen LogP contribution in [-0.4, -0.2) is 44.8 Å². The second-order valence-corrected chi connectivity index (χ2v) is 6.52. The summed E-state index contributed by atoms with van der Waals surface area (Å²) in [6, 6.07) is 7.51. The molecule has 0 fully saturated rings. The Kier molecular flexibility index (Phi) is 8.13. The van der Waals surface area contributed by atoms with Crippen molar-refractivity contribution in [1.29, 1.82) is 0 Å². The second kappa shape index (κ2) is 10.3. The maximum absolute atomic E-state index is 12.3. The van der Waals surface area contributed by atoms with Gasteiger partial charge in [0.25, 0.3) is 0 Å². The number of methoxy groups -OCH3 is 1. The summed E-state index contributed by atoms with van der Waals surface area (Å²) >= 11 is 0. The molecule has 1 aliphatic rings. The van der Waals surface area contributed by atoms with E-state index >= 15 is 0 Å². The van der Waals surface area contributed by atoms with Crippen LogP contribution in [0.3, 0.4) is 0 Å². The van der Waals surface area contributed by atoms with E-state index in [9.17, 15) is 4.79 Å². The lowest BCUT2D eigenvalue weighted by atomic mass is 9.91. The van der Waals surface area contributed by atoms with Gasteiger partial charge < -0.3 is 23.7 Å². The smallest absolute Gasteiger partial charge is 0.338 e. The molecule has 0 aromatic heterocycles. The number of ether oxygens (including phenoxy) is 5. The molecule has 1 aliphatic heterocycles. The molecule has 1 aromatic carbocycles. The van der Waals surface area contributed by atoms with Gasteiger partial charge in [-0.05, 0) is 64.0 Å². The van der Waals surface area contributed by atoms with Crippen LogP contribution in [0.15, 0.2) is 35.9 Å². The van der Waals surface area contributed by atoms with Crippen LogP contribution in [-0.2, 0) is 19.0 Å². The molecule has 6 nitrogen and oxygen atoms in total. The van der Waals surface area contributed by atoms with Crippen LogP contribution in [0.1, 0.15) is 40.0 Å². The third-order valence-electron chi connectivity index (χ3n) is 4.32. The number of rotatable bonds is 10. The number of esters is 1. The Balaban J connectivity index is 1.89. The number of benzene rings is 1. The number of hydrogen-bond acceptors (Lipinski definition) is 6. The van der Waals surface area contributed by atoms with Crippen LogP contribution < -0.4 is 9.47 Å². The monoisotopic (exact) mass is 378 g/mol. The molecule has 0 unspecified atom stereocenters. The van der Waals surface area contributed by atoms with E-state index in [1.165, 1.54) is 0 Å². The molecular weight excluding hydrogens is 348 g/mol. The molecule has 6 heteroatoms. The van der Waals surface area contributed by atoms with Gasteiger partial charge in [0.1, 0.15) is 11.5 Å². The van der Waals surface area contributed by atoms with Gasteiger partial charge in [0.2, 0.25) is 0 Å². The summed E-state index contributed by atoms with van der Waals surface area (Å²) in [6.45, 7) is 6.87. The fourth-order valence-electron chi connectivity index (χ4n) is 3.00. The molecule has 0 N–H and O–H groups in total. The van der Waals surface area contributed by atoms with E-state index in [1.807, 2.05) is 37.3 Å². The number of carbonyl (C=O) groups is 1. The van der Waals surface area contributed by atoms with Crippen molar-refractivity contribution >= 4 is 5.97 Å². The molecule has 2 rings (SSSR count). The first-order chi connectivity index (χ1) is 13.0. The molecule has 150 valence electrons. The van der Waals surface area contributed by atoms with E-state index in [0.717, 1.165) is 29.9 Å². The van der Waals surface area contributed by atoms with Gasteiger partial charge in [0.05, 0.1) is 20.3 Å². The van der Waals surface area contributed by atoms with Gasteiger partial charge >= 0.3 is 5.97 Å². The van der Waals surface area contributed by atoms with Crippen LogP contribution in [0, 0.1) is 0 Å². The fourth-order valence-corrected chi connectivity index (χ4v) is 3.00. The zero-order valence-corrected chi connectivity index (χ0v) is 16.7. The molecular formula is C21H30O6. The SMILES string of the molecule is CCOC(=O)[C@]1(C)CC(CCCOc2ccc(OC)cc2)=C[C@@H](OCC)O1. The minimum Gasteiger partial charge on any atom is -0.497 e. The topological polar surface area (TPSA) is 63.2 Å². The highest BCUT2D eigenvalue weighted by Crippen LogP contribution is 2.32. The van der Waals surface area contributed by atoms with Crippen LogP contribution in [0.2, 0.25) is 0 Å². The zero-order valence-electron chi connectivity index (χ0n) is 16.7. The third-order valence-corrected chi connectivity index (χ3v) is 4.32. The summed E-state index contributed by atoms with van der Waals surface area (Å²) in [7, 11) is 1.64. The predicted octanol–water partition coefficient (Wildman–Crippen LogP) is 3.89. The zero-order chi connectivity index (χ0) is 19.7. The first-order valence-corrected chi connectivity index (χ1v) is 9.43. The lowest BCUT2D eigenvalue weighted by Crippen LogP contribution is -2.46. The van der Waals surface area contributed by atoms with Crippen LogP contribution in [0.4, 0.5) is 0 Å². The Morgan fingerprint density at radius 3 is 2.52 bits per heavy atom. The summed E-state index contributed by atoms with van der Waals surface area (Å²) in [5, 5.41) is 0. The van der Waals surface area contributed by atoms with E-state index in [2.05, 4.69) is 0 Å². The number of hydrogen-bond donors (Lipinski definition) is 0. The maximum Gasteiger partial charge on any atom is 0.338 e. The highest BCUT2D eigenvalue weighted by atomic mass is 16.7. The lowest BCUT2D eigenvalue weighted by Gasteiger charge is -2.35. The summed E-state index contributed by atoms with van der Waals surface area (Å²) in [5.41, 5.74) is 0.102. The summed E-state index contributed by atoms with van der Waals surface area (Å²) < 4.78 is 27.5. The molecule has 0 saturated heterocycles. The van der Waals surface area contributed by atoms with Gasteiger partial charge in [-0.3, -0.25) is 0 Å². The van der Waals surface area contributed by atoms with Crippen molar-refractivity contribution in [2.45, 2.75) is 51.9 Å². The molecule has 0 bridgehead atoms. The molecule has 0 radical (unpaired) electrons. The molecule has 0 spiro atoms. The Labute approximate surface area is 161 Å². The molecule has 1 aromatic rings. The Morgan fingerprint density at radius 1 is 1.19 bits per heavy atom. The normalized spacial score (nSPS) is 22.1. The fraction of sp³-hybridized carbons (Fsp3) is 0.571. The van der Waals surface area contributed by atoms with E-state index in [4.69, 9.17) is 23.7 Å². The van der Waals surface area contributed by atoms with Crippen molar-refractivity contribution in [2.24, 2.45) is 0 Å². The Bertz CT molecular complexity index is 624. The average molecular weight is 378 g/mol. The largest absolute Gasteiger partial charge is 0.497 e.